The molecule has 0 heterocycles. The quantitative estimate of drug-likeness (QED) is 0.752. The van der Waals surface area contributed by atoms with Gasteiger partial charge < -0.3 is 9.84 Å². The van der Waals surface area contributed by atoms with E-state index in [4.69, 9.17) is 4.74 Å². The van der Waals surface area contributed by atoms with Gasteiger partial charge in [0.05, 0.1) is 12.7 Å². The number of halogens is 1. The highest BCUT2D eigenvalue weighted by Crippen LogP contribution is 2.23. The zero-order valence-electron chi connectivity index (χ0n) is 11.5. The topological polar surface area (TPSA) is 29.5 Å². The first-order valence-corrected chi connectivity index (χ1v) is 6.53. The van der Waals surface area contributed by atoms with Crippen LogP contribution in [0.25, 0.3) is 0 Å². The average molecular weight is 254 g/mol. The van der Waals surface area contributed by atoms with Crippen molar-refractivity contribution in [2.24, 2.45) is 0 Å². The molecule has 1 rings (SSSR count). The summed E-state index contributed by atoms with van der Waals surface area (Å²) in [4.78, 5) is 0. The monoisotopic (exact) mass is 254 g/mol. The molecule has 1 unspecified atom stereocenters. The molecule has 3 heteroatoms. The molecule has 0 spiro atoms. The summed E-state index contributed by atoms with van der Waals surface area (Å²) >= 11 is 0. The summed E-state index contributed by atoms with van der Waals surface area (Å²) < 4.78 is 18.4. The Bertz CT molecular complexity index is 375. The van der Waals surface area contributed by atoms with Crippen LogP contribution in [-0.2, 0) is 6.42 Å². The van der Waals surface area contributed by atoms with Crippen LogP contribution in [0.3, 0.4) is 0 Å². The fraction of sp³-hybridized carbons (Fsp3) is 0.600. The second kappa shape index (κ2) is 6.74. The van der Waals surface area contributed by atoms with E-state index in [1.807, 2.05) is 6.92 Å². The maximum Gasteiger partial charge on any atom is 0.165 e. The minimum atomic E-state index is -0.768. The van der Waals surface area contributed by atoms with Crippen molar-refractivity contribution in [2.45, 2.75) is 51.6 Å². The van der Waals surface area contributed by atoms with Gasteiger partial charge in [0.2, 0.25) is 0 Å². The third-order valence-corrected chi connectivity index (χ3v) is 3.12. The first-order chi connectivity index (χ1) is 8.48. The molecule has 1 aromatic carbocycles. The van der Waals surface area contributed by atoms with Crippen molar-refractivity contribution in [1.82, 2.24) is 0 Å². The normalized spacial score (nSPS) is 14.3. The van der Waals surface area contributed by atoms with E-state index in [0.29, 0.717) is 6.42 Å². The van der Waals surface area contributed by atoms with Crippen LogP contribution < -0.4 is 4.74 Å². The van der Waals surface area contributed by atoms with Crippen molar-refractivity contribution in [3.05, 3.63) is 29.6 Å². The molecule has 0 aliphatic carbocycles. The minimum Gasteiger partial charge on any atom is -0.494 e. The van der Waals surface area contributed by atoms with Gasteiger partial charge in [-0.1, -0.05) is 32.3 Å². The van der Waals surface area contributed by atoms with Gasteiger partial charge in [0.1, 0.15) is 0 Å². The smallest absolute Gasteiger partial charge is 0.165 e. The molecular weight excluding hydrogens is 231 g/mol. The van der Waals surface area contributed by atoms with Crippen LogP contribution in [0.5, 0.6) is 5.75 Å². The molecule has 0 aliphatic rings. The van der Waals surface area contributed by atoms with Crippen LogP contribution in [0.4, 0.5) is 4.39 Å². The van der Waals surface area contributed by atoms with E-state index in [1.54, 1.807) is 12.1 Å². The maximum absolute atomic E-state index is 13.5. The van der Waals surface area contributed by atoms with Crippen molar-refractivity contribution in [1.29, 1.82) is 0 Å². The molecule has 0 fully saturated rings. The Morgan fingerprint density at radius 2 is 2.06 bits per heavy atom. The molecule has 18 heavy (non-hydrogen) atoms. The molecule has 1 N–H and O–H groups in total. The van der Waals surface area contributed by atoms with Crippen molar-refractivity contribution in [3.8, 4) is 5.75 Å². The summed E-state index contributed by atoms with van der Waals surface area (Å²) in [5.41, 5.74) is 0.0331. The van der Waals surface area contributed by atoms with E-state index in [0.717, 1.165) is 31.2 Å². The summed E-state index contributed by atoms with van der Waals surface area (Å²) in [5, 5.41) is 10.3. The lowest BCUT2D eigenvalue weighted by molar-refractivity contribution is 0.0485. The SMILES string of the molecule is CCCCCC(C)(O)Cc1ccc(OC)c(F)c1. The molecule has 102 valence electrons. The van der Waals surface area contributed by atoms with Gasteiger partial charge in [0, 0.05) is 6.42 Å². The summed E-state index contributed by atoms with van der Waals surface area (Å²) in [5.74, 6) is -0.135. The van der Waals surface area contributed by atoms with E-state index in [2.05, 4.69) is 6.92 Å². The van der Waals surface area contributed by atoms with Crippen LogP contribution in [0.1, 0.15) is 45.1 Å². The highest BCUT2D eigenvalue weighted by atomic mass is 19.1. The third kappa shape index (κ3) is 4.65. The lowest BCUT2D eigenvalue weighted by Gasteiger charge is -2.23. The summed E-state index contributed by atoms with van der Waals surface area (Å²) in [6, 6.07) is 4.84. The summed E-state index contributed by atoms with van der Waals surface area (Å²) in [6.07, 6.45) is 4.47. The van der Waals surface area contributed by atoms with E-state index in [9.17, 15) is 9.50 Å². The van der Waals surface area contributed by atoms with Gasteiger partial charge in [-0.15, -0.1) is 0 Å². The molecular formula is C15H23FO2. The Labute approximate surface area is 109 Å². The Hall–Kier alpha value is -1.09. The predicted octanol–water partition coefficient (Wildman–Crippen LogP) is 3.71. The van der Waals surface area contributed by atoms with Gasteiger partial charge in [-0.3, -0.25) is 0 Å². The molecule has 1 atom stereocenters. The summed E-state index contributed by atoms with van der Waals surface area (Å²) in [7, 11) is 1.44. The molecule has 0 aromatic heterocycles. The highest BCUT2D eigenvalue weighted by Gasteiger charge is 2.20. The largest absolute Gasteiger partial charge is 0.494 e. The zero-order chi connectivity index (χ0) is 13.6. The lowest BCUT2D eigenvalue weighted by Crippen LogP contribution is -2.27. The second-order valence-corrected chi connectivity index (χ2v) is 5.10. The predicted molar refractivity (Wildman–Crippen MR) is 71.4 cm³/mol. The van der Waals surface area contributed by atoms with Crippen LogP contribution in [0.15, 0.2) is 18.2 Å². The van der Waals surface area contributed by atoms with Crippen molar-refractivity contribution < 1.29 is 14.2 Å². The Morgan fingerprint density at radius 3 is 2.61 bits per heavy atom. The van der Waals surface area contributed by atoms with Gasteiger partial charge in [-0.25, -0.2) is 4.39 Å². The molecule has 1 aromatic rings. The van der Waals surface area contributed by atoms with E-state index in [1.165, 1.54) is 13.2 Å². The number of aliphatic hydroxyl groups is 1. The molecule has 0 radical (unpaired) electrons. The van der Waals surface area contributed by atoms with Gasteiger partial charge in [0.25, 0.3) is 0 Å². The number of hydrogen-bond donors (Lipinski definition) is 1. The Morgan fingerprint density at radius 1 is 1.33 bits per heavy atom. The first kappa shape index (κ1) is 15.0. The highest BCUT2D eigenvalue weighted by molar-refractivity contribution is 5.30. The molecule has 0 saturated carbocycles. The number of unbranched alkanes of at least 4 members (excludes halogenated alkanes) is 2. The number of hydrogen-bond acceptors (Lipinski definition) is 2. The van der Waals surface area contributed by atoms with Gasteiger partial charge in [-0.05, 0) is 31.0 Å². The Kier molecular flexibility index (Phi) is 5.60. The second-order valence-electron chi connectivity index (χ2n) is 5.10. The van der Waals surface area contributed by atoms with Crippen LogP contribution in [0, 0.1) is 5.82 Å². The molecule has 0 bridgehead atoms. The van der Waals surface area contributed by atoms with E-state index in [-0.39, 0.29) is 11.6 Å². The zero-order valence-corrected chi connectivity index (χ0v) is 11.5. The lowest BCUT2D eigenvalue weighted by atomic mass is 9.91. The van der Waals surface area contributed by atoms with E-state index >= 15 is 0 Å². The number of methoxy groups -OCH3 is 1. The summed E-state index contributed by atoms with van der Waals surface area (Å²) in [6.45, 7) is 3.94. The van der Waals surface area contributed by atoms with Gasteiger partial charge in [-0.2, -0.15) is 0 Å². The fourth-order valence-corrected chi connectivity index (χ4v) is 2.10. The molecule has 0 aliphatic heterocycles. The molecule has 2 nitrogen and oxygen atoms in total. The Balaban J connectivity index is 2.62. The van der Waals surface area contributed by atoms with Crippen LogP contribution >= 0.6 is 0 Å². The number of ether oxygens (including phenoxy) is 1. The maximum atomic E-state index is 13.5. The van der Waals surface area contributed by atoms with Gasteiger partial charge in [0.15, 0.2) is 11.6 Å². The van der Waals surface area contributed by atoms with Gasteiger partial charge >= 0.3 is 0 Å². The standard InChI is InChI=1S/C15H23FO2/c1-4-5-6-9-15(2,17)11-12-7-8-14(18-3)13(16)10-12/h7-8,10,17H,4-6,9,11H2,1-3H3. The molecule has 0 saturated heterocycles. The van der Waals surface area contributed by atoms with Crippen molar-refractivity contribution in [2.75, 3.05) is 7.11 Å². The third-order valence-electron chi connectivity index (χ3n) is 3.12. The van der Waals surface area contributed by atoms with Crippen LogP contribution in [0.2, 0.25) is 0 Å². The van der Waals surface area contributed by atoms with Crippen molar-refractivity contribution >= 4 is 0 Å². The van der Waals surface area contributed by atoms with Crippen molar-refractivity contribution in [3.63, 3.8) is 0 Å². The average Bonchev–Trinajstić information content (AvgIpc) is 2.29. The minimum absolute atomic E-state index is 0.240. The number of benzene rings is 1. The first-order valence-electron chi connectivity index (χ1n) is 6.53. The van der Waals surface area contributed by atoms with E-state index < -0.39 is 5.60 Å². The van der Waals surface area contributed by atoms with Crippen LogP contribution in [-0.4, -0.2) is 17.8 Å². The number of rotatable bonds is 7. The fourth-order valence-electron chi connectivity index (χ4n) is 2.10. The molecule has 0 amide bonds.